The molecule has 0 saturated heterocycles. The molecule has 0 aliphatic carbocycles. The van der Waals surface area contributed by atoms with Gasteiger partial charge in [0, 0.05) is 30.6 Å². The van der Waals surface area contributed by atoms with Gasteiger partial charge in [0.05, 0.1) is 22.3 Å². The van der Waals surface area contributed by atoms with Gasteiger partial charge < -0.3 is 11.1 Å². The van der Waals surface area contributed by atoms with E-state index in [-0.39, 0.29) is 17.9 Å². The Labute approximate surface area is 157 Å². The second-order valence-electron chi connectivity index (χ2n) is 6.11. The molecule has 2 unspecified atom stereocenters. The van der Waals surface area contributed by atoms with Gasteiger partial charge in [0.25, 0.3) is 0 Å². The fraction of sp³-hybridized carbons (Fsp3) is 0.250. The largest absolute Gasteiger partial charge is 0.355 e. The van der Waals surface area contributed by atoms with Crippen LogP contribution < -0.4 is 11.1 Å². The van der Waals surface area contributed by atoms with Crippen LogP contribution in [0.4, 0.5) is 0 Å². The molecule has 134 valence electrons. The average molecular weight is 366 g/mol. The van der Waals surface area contributed by atoms with Crippen molar-refractivity contribution in [3.05, 3.63) is 70.7 Å². The first kappa shape index (κ1) is 18.2. The lowest BCUT2D eigenvalue weighted by Crippen LogP contribution is -2.36. The Balaban J connectivity index is 1.50. The minimum absolute atomic E-state index is 0.0390. The molecule has 0 aliphatic heterocycles. The van der Waals surface area contributed by atoms with Crippen LogP contribution in [0.2, 0.25) is 0 Å². The van der Waals surface area contributed by atoms with Gasteiger partial charge in [-0.05, 0) is 17.7 Å². The third-order valence-electron chi connectivity index (χ3n) is 4.25. The van der Waals surface area contributed by atoms with Crippen molar-refractivity contribution in [1.82, 2.24) is 15.3 Å². The second-order valence-corrected chi connectivity index (χ2v) is 7.05. The molecule has 5 nitrogen and oxygen atoms in total. The van der Waals surface area contributed by atoms with Gasteiger partial charge in [-0.3, -0.25) is 9.78 Å². The summed E-state index contributed by atoms with van der Waals surface area (Å²) in [6, 6.07) is 15.1. The molecule has 0 saturated carbocycles. The van der Waals surface area contributed by atoms with Crippen molar-refractivity contribution in [3.8, 4) is 11.4 Å². The molecule has 0 spiro atoms. The quantitative estimate of drug-likeness (QED) is 0.673. The van der Waals surface area contributed by atoms with Crippen molar-refractivity contribution < 1.29 is 4.79 Å². The molecule has 0 radical (unpaired) electrons. The highest BCUT2D eigenvalue weighted by Crippen LogP contribution is 2.21. The summed E-state index contributed by atoms with van der Waals surface area (Å²) in [6.45, 7) is 2.40. The van der Waals surface area contributed by atoms with Crippen molar-refractivity contribution in [3.63, 3.8) is 0 Å². The van der Waals surface area contributed by atoms with Crippen LogP contribution in [0.3, 0.4) is 0 Å². The van der Waals surface area contributed by atoms with Crippen molar-refractivity contribution in [2.24, 2.45) is 11.7 Å². The summed E-state index contributed by atoms with van der Waals surface area (Å²) in [4.78, 5) is 21.2. The van der Waals surface area contributed by atoms with E-state index in [9.17, 15) is 4.79 Å². The number of aromatic nitrogens is 2. The summed E-state index contributed by atoms with van der Waals surface area (Å²) in [5.74, 6) is -0.333. The molecule has 26 heavy (non-hydrogen) atoms. The van der Waals surface area contributed by atoms with Crippen LogP contribution in [-0.4, -0.2) is 22.4 Å². The van der Waals surface area contributed by atoms with Gasteiger partial charge in [0.1, 0.15) is 0 Å². The molecule has 0 aliphatic rings. The van der Waals surface area contributed by atoms with Crippen LogP contribution in [0.1, 0.15) is 23.5 Å². The third kappa shape index (κ3) is 4.53. The van der Waals surface area contributed by atoms with E-state index in [1.165, 1.54) is 0 Å². The fourth-order valence-electron chi connectivity index (χ4n) is 2.64. The highest BCUT2D eigenvalue weighted by molar-refractivity contribution is 7.09. The predicted molar refractivity (Wildman–Crippen MR) is 105 cm³/mol. The number of carbonyl (C=O) groups excluding carboxylic acids is 1. The number of nitrogens with one attached hydrogen (secondary N) is 1. The molecule has 0 bridgehead atoms. The summed E-state index contributed by atoms with van der Waals surface area (Å²) < 4.78 is 0. The van der Waals surface area contributed by atoms with Gasteiger partial charge in [-0.15, -0.1) is 11.3 Å². The topological polar surface area (TPSA) is 80.9 Å². The fourth-order valence-corrected chi connectivity index (χ4v) is 3.43. The SMILES string of the molecule is CC(C(=O)NCCc1nc(-c2ccccn2)cs1)C(N)c1ccccc1. The first-order chi connectivity index (χ1) is 12.6. The Hall–Kier alpha value is -2.57. The number of nitrogens with zero attached hydrogens (tertiary/aromatic N) is 2. The van der Waals surface area contributed by atoms with Crippen LogP contribution in [0, 0.1) is 5.92 Å². The van der Waals surface area contributed by atoms with Gasteiger partial charge in [0.15, 0.2) is 0 Å². The van der Waals surface area contributed by atoms with Crippen molar-refractivity contribution >= 4 is 17.2 Å². The zero-order valence-corrected chi connectivity index (χ0v) is 15.4. The van der Waals surface area contributed by atoms with E-state index in [1.807, 2.05) is 60.8 Å². The van der Waals surface area contributed by atoms with E-state index in [1.54, 1.807) is 17.5 Å². The summed E-state index contributed by atoms with van der Waals surface area (Å²) >= 11 is 1.58. The average Bonchev–Trinajstić information content (AvgIpc) is 3.17. The molecular weight excluding hydrogens is 344 g/mol. The summed E-state index contributed by atoms with van der Waals surface area (Å²) in [5.41, 5.74) is 8.91. The number of nitrogens with two attached hydrogens (primary N) is 1. The van der Waals surface area contributed by atoms with Crippen LogP contribution in [0.25, 0.3) is 11.4 Å². The van der Waals surface area contributed by atoms with Crippen LogP contribution in [0.15, 0.2) is 60.1 Å². The Kier molecular flexibility index (Phi) is 6.09. The van der Waals surface area contributed by atoms with E-state index in [2.05, 4.69) is 15.3 Å². The second kappa shape index (κ2) is 8.69. The lowest BCUT2D eigenvalue weighted by atomic mass is 9.95. The van der Waals surface area contributed by atoms with E-state index in [4.69, 9.17) is 5.73 Å². The Bertz CT molecular complexity index is 835. The molecule has 2 heterocycles. The first-order valence-electron chi connectivity index (χ1n) is 8.59. The lowest BCUT2D eigenvalue weighted by molar-refractivity contribution is -0.125. The minimum Gasteiger partial charge on any atom is -0.355 e. The first-order valence-corrected chi connectivity index (χ1v) is 9.47. The summed E-state index contributed by atoms with van der Waals surface area (Å²) in [7, 11) is 0. The molecule has 3 aromatic rings. The maximum Gasteiger partial charge on any atom is 0.224 e. The predicted octanol–water partition coefficient (Wildman–Crippen LogP) is 3.20. The Morgan fingerprint density at radius 2 is 1.92 bits per heavy atom. The number of hydrogen-bond acceptors (Lipinski definition) is 5. The number of benzene rings is 1. The van der Waals surface area contributed by atoms with Crippen LogP contribution in [0.5, 0.6) is 0 Å². The number of rotatable bonds is 7. The molecule has 2 aromatic heterocycles. The minimum atomic E-state index is -0.313. The van der Waals surface area contributed by atoms with Gasteiger partial charge in [-0.25, -0.2) is 4.98 Å². The molecule has 0 fully saturated rings. The van der Waals surface area contributed by atoms with Crippen molar-refractivity contribution in [2.45, 2.75) is 19.4 Å². The summed E-state index contributed by atoms with van der Waals surface area (Å²) in [6.07, 6.45) is 2.45. The number of thiazole rings is 1. The van der Waals surface area contributed by atoms with Crippen LogP contribution >= 0.6 is 11.3 Å². The van der Waals surface area contributed by atoms with E-state index < -0.39 is 0 Å². The molecule has 2 atom stereocenters. The maximum atomic E-state index is 12.4. The van der Waals surface area contributed by atoms with Gasteiger partial charge in [-0.2, -0.15) is 0 Å². The summed E-state index contributed by atoms with van der Waals surface area (Å²) in [5, 5.41) is 5.93. The lowest BCUT2D eigenvalue weighted by Gasteiger charge is -2.19. The zero-order valence-electron chi connectivity index (χ0n) is 14.6. The smallest absolute Gasteiger partial charge is 0.224 e. The standard InChI is InChI=1S/C20H22N4OS/c1-14(19(21)15-7-3-2-4-8-15)20(25)23-12-10-18-24-17(13-26-18)16-9-5-6-11-22-16/h2-9,11,13-14,19H,10,12,21H2,1H3,(H,23,25). The number of hydrogen-bond donors (Lipinski definition) is 2. The molecule has 1 aromatic carbocycles. The number of amides is 1. The molecule has 3 rings (SSSR count). The zero-order chi connectivity index (χ0) is 18.4. The monoisotopic (exact) mass is 366 g/mol. The highest BCUT2D eigenvalue weighted by Gasteiger charge is 2.21. The Morgan fingerprint density at radius 1 is 1.15 bits per heavy atom. The van der Waals surface area contributed by atoms with E-state index >= 15 is 0 Å². The molecule has 6 heteroatoms. The third-order valence-corrected chi connectivity index (χ3v) is 5.16. The molecular formula is C20H22N4OS. The highest BCUT2D eigenvalue weighted by atomic mass is 32.1. The Morgan fingerprint density at radius 3 is 2.65 bits per heavy atom. The van der Waals surface area contributed by atoms with Gasteiger partial charge in [-0.1, -0.05) is 43.3 Å². The number of carbonyl (C=O) groups is 1. The number of pyridine rings is 1. The van der Waals surface area contributed by atoms with E-state index in [0.29, 0.717) is 13.0 Å². The van der Waals surface area contributed by atoms with Crippen molar-refractivity contribution in [1.29, 1.82) is 0 Å². The van der Waals surface area contributed by atoms with E-state index in [0.717, 1.165) is 22.0 Å². The maximum absolute atomic E-state index is 12.4. The van der Waals surface area contributed by atoms with Gasteiger partial charge in [0.2, 0.25) is 5.91 Å². The van der Waals surface area contributed by atoms with Crippen molar-refractivity contribution in [2.75, 3.05) is 6.54 Å². The molecule has 3 N–H and O–H groups in total. The van der Waals surface area contributed by atoms with Crippen LogP contribution in [-0.2, 0) is 11.2 Å². The van der Waals surface area contributed by atoms with Gasteiger partial charge >= 0.3 is 0 Å². The molecule has 1 amide bonds. The normalized spacial score (nSPS) is 13.2.